The van der Waals surface area contributed by atoms with Crippen molar-refractivity contribution in [3.05, 3.63) is 71.7 Å². The topological polar surface area (TPSA) is 122 Å². The third-order valence-electron chi connectivity index (χ3n) is 5.74. The number of hydrogen-bond acceptors (Lipinski definition) is 7. The second kappa shape index (κ2) is 15.4. The molecule has 0 aliphatic carbocycles. The monoisotopic (exact) mass is 557 g/mol. The van der Waals surface area contributed by atoms with Gasteiger partial charge in [-0.15, -0.1) is 10.2 Å². The van der Waals surface area contributed by atoms with E-state index in [0.29, 0.717) is 12.8 Å². The summed E-state index contributed by atoms with van der Waals surface area (Å²) in [6.07, 6.45) is 2.20. The van der Waals surface area contributed by atoms with Gasteiger partial charge in [-0.05, 0) is 42.5 Å². The molecule has 2 aromatic rings. The van der Waals surface area contributed by atoms with E-state index in [-0.39, 0.29) is 54.2 Å². The number of aryl methyl sites for hydroxylation is 1. The largest absolute Gasteiger partial charge is 0.373 e. The molecule has 0 saturated carbocycles. The van der Waals surface area contributed by atoms with Gasteiger partial charge in [-0.1, -0.05) is 50.8 Å². The molecule has 1 aromatic heterocycles. The van der Waals surface area contributed by atoms with Crippen LogP contribution in [0.5, 0.6) is 0 Å². The lowest BCUT2D eigenvalue weighted by atomic mass is 10.00. The highest BCUT2D eigenvalue weighted by atomic mass is 19.1. The maximum atomic E-state index is 14.6. The Morgan fingerprint density at radius 3 is 2.40 bits per heavy atom. The molecular formula is C28H37F2N7O3. The molecule has 0 radical (unpaired) electrons. The molecule has 0 spiro atoms. The van der Waals surface area contributed by atoms with Gasteiger partial charge in [-0.3, -0.25) is 14.4 Å². The number of tetrazole rings is 1. The molecule has 1 heterocycles. The van der Waals surface area contributed by atoms with Gasteiger partial charge < -0.3 is 15.5 Å². The first kappa shape index (κ1) is 32.0. The molecule has 0 bridgehead atoms. The molecule has 1 atom stereocenters. The zero-order valence-corrected chi connectivity index (χ0v) is 23.6. The van der Waals surface area contributed by atoms with Crippen LogP contribution in [0, 0.1) is 5.92 Å². The number of aromatic nitrogens is 4. The second-order valence-corrected chi connectivity index (χ2v) is 9.94. The van der Waals surface area contributed by atoms with Crippen LogP contribution in [0.3, 0.4) is 0 Å². The van der Waals surface area contributed by atoms with Crippen molar-refractivity contribution in [3.8, 4) is 0 Å². The summed E-state index contributed by atoms with van der Waals surface area (Å²) in [6, 6.07) is 8.70. The van der Waals surface area contributed by atoms with Crippen LogP contribution in [0.1, 0.15) is 45.0 Å². The minimum Gasteiger partial charge on any atom is -0.373 e. The van der Waals surface area contributed by atoms with Crippen molar-refractivity contribution < 1.29 is 23.2 Å². The van der Waals surface area contributed by atoms with Crippen LogP contribution >= 0.6 is 0 Å². The molecule has 216 valence electrons. The Morgan fingerprint density at radius 2 is 1.80 bits per heavy atom. The van der Waals surface area contributed by atoms with Gasteiger partial charge in [0.25, 0.3) is 0 Å². The average Bonchev–Trinajstić information content (AvgIpc) is 3.34. The highest BCUT2D eigenvalue weighted by molar-refractivity contribution is 5.91. The zero-order chi connectivity index (χ0) is 29.8. The van der Waals surface area contributed by atoms with Crippen LogP contribution in [0.25, 0.3) is 5.57 Å². The quantitative estimate of drug-likeness (QED) is 0.323. The lowest BCUT2D eigenvalue weighted by Crippen LogP contribution is -2.47. The number of carbonyl (C=O) groups is 3. The van der Waals surface area contributed by atoms with Gasteiger partial charge in [0.1, 0.15) is 23.9 Å². The van der Waals surface area contributed by atoms with Gasteiger partial charge >= 0.3 is 0 Å². The number of halogens is 2. The van der Waals surface area contributed by atoms with Gasteiger partial charge in [-0.25, -0.2) is 8.78 Å². The molecule has 0 unspecified atom stereocenters. The fraction of sp³-hybridized carbons (Fsp3) is 0.429. The number of allylic oxidation sites excluding steroid dienone is 4. The van der Waals surface area contributed by atoms with Crippen LogP contribution in [0.2, 0.25) is 0 Å². The molecule has 0 fully saturated rings. The Kier molecular flexibility index (Phi) is 12.3. The number of ketones is 1. The summed E-state index contributed by atoms with van der Waals surface area (Å²) in [5.41, 5.74) is 0.958. The van der Waals surface area contributed by atoms with E-state index in [0.717, 1.165) is 16.4 Å². The van der Waals surface area contributed by atoms with Crippen molar-refractivity contribution in [3.63, 3.8) is 0 Å². The third-order valence-corrected chi connectivity index (χ3v) is 5.74. The fourth-order valence-corrected chi connectivity index (χ4v) is 3.78. The standard InChI is InChI=1S/C28H37F2N7O3/c1-18(2)14-23(32-26(40)16-31-25(39)13-12-21-10-8-7-9-11-21)24(38)17-37-34-28(33-35-37)19(3)15-22(30)27(20(4)29)36(5)6/h7-11,15,18,23H,4,12-14,16-17H2,1-3,5-6H3,(H,31,39)(H,32,40)/b19-15+,27-22-/t23-/m0/s1. The van der Waals surface area contributed by atoms with E-state index >= 15 is 0 Å². The number of nitrogens with one attached hydrogen (secondary N) is 2. The number of nitrogens with zero attached hydrogens (tertiary/aromatic N) is 5. The van der Waals surface area contributed by atoms with Gasteiger partial charge in [0.05, 0.1) is 12.6 Å². The number of Topliss-reactive ketones (excluding diaryl/α,β-unsaturated/α-hetero) is 1. The van der Waals surface area contributed by atoms with Crippen molar-refractivity contribution in [2.75, 3.05) is 20.6 Å². The SMILES string of the molecule is C=C(F)/C(=C(F)\C=C(/C)c1nnn(CC(=O)[C@H](CC(C)C)NC(=O)CNC(=O)CCc2ccccc2)n1)N(C)C. The van der Waals surface area contributed by atoms with Crippen LogP contribution in [0.4, 0.5) is 8.78 Å². The molecule has 10 nitrogen and oxygen atoms in total. The first-order valence-corrected chi connectivity index (χ1v) is 12.9. The van der Waals surface area contributed by atoms with Crippen LogP contribution in [-0.4, -0.2) is 69.4 Å². The van der Waals surface area contributed by atoms with E-state index in [1.54, 1.807) is 0 Å². The normalized spacial score (nSPS) is 12.9. The van der Waals surface area contributed by atoms with E-state index < -0.39 is 23.6 Å². The van der Waals surface area contributed by atoms with E-state index in [9.17, 15) is 23.2 Å². The van der Waals surface area contributed by atoms with Gasteiger partial charge in [0.15, 0.2) is 5.78 Å². The molecule has 2 N–H and O–H groups in total. The summed E-state index contributed by atoms with van der Waals surface area (Å²) in [6.45, 7) is 7.94. The maximum absolute atomic E-state index is 14.6. The molecular weight excluding hydrogens is 520 g/mol. The molecule has 2 amide bonds. The second-order valence-electron chi connectivity index (χ2n) is 9.94. The molecule has 12 heteroatoms. The van der Waals surface area contributed by atoms with Crippen molar-refractivity contribution >= 4 is 23.2 Å². The van der Waals surface area contributed by atoms with Crippen LogP contribution < -0.4 is 10.6 Å². The van der Waals surface area contributed by atoms with E-state index in [2.05, 4.69) is 32.6 Å². The Labute approximate surface area is 233 Å². The zero-order valence-electron chi connectivity index (χ0n) is 23.6. The van der Waals surface area contributed by atoms with Crippen LogP contribution in [0.15, 0.2) is 60.3 Å². The number of likely N-dealkylation sites (N-methyl/N-ethyl adjacent to an activating group) is 1. The maximum Gasteiger partial charge on any atom is 0.239 e. The average molecular weight is 558 g/mol. The number of hydrogen-bond donors (Lipinski definition) is 2. The highest BCUT2D eigenvalue weighted by Gasteiger charge is 2.23. The summed E-state index contributed by atoms with van der Waals surface area (Å²) in [5, 5.41) is 17.1. The Bertz CT molecular complexity index is 1250. The third kappa shape index (κ3) is 10.5. The fourth-order valence-electron chi connectivity index (χ4n) is 3.78. The molecule has 0 aliphatic rings. The molecule has 0 saturated heterocycles. The van der Waals surface area contributed by atoms with Gasteiger partial charge in [-0.2, -0.15) is 4.80 Å². The van der Waals surface area contributed by atoms with Crippen molar-refractivity contribution in [1.82, 2.24) is 35.7 Å². The van der Waals surface area contributed by atoms with Crippen molar-refractivity contribution in [1.29, 1.82) is 0 Å². The lowest BCUT2D eigenvalue weighted by molar-refractivity contribution is -0.129. The minimum absolute atomic E-state index is 0.0492. The number of benzene rings is 1. The predicted molar refractivity (Wildman–Crippen MR) is 148 cm³/mol. The van der Waals surface area contributed by atoms with E-state index in [1.807, 2.05) is 44.2 Å². The summed E-state index contributed by atoms with van der Waals surface area (Å²) >= 11 is 0. The molecule has 40 heavy (non-hydrogen) atoms. The summed E-state index contributed by atoms with van der Waals surface area (Å²) in [5.74, 6) is -2.79. The lowest BCUT2D eigenvalue weighted by Gasteiger charge is -2.19. The molecule has 2 rings (SSSR count). The number of amides is 2. The summed E-state index contributed by atoms with van der Waals surface area (Å²) < 4.78 is 28.2. The Hall–Kier alpha value is -4.22. The van der Waals surface area contributed by atoms with Crippen molar-refractivity contribution in [2.45, 2.75) is 52.6 Å². The van der Waals surface area contributed by atoms with E-state index in [1.165, 1.54) is 25.9 Å². The molecule has 0 aliphatic heterocycles. The minimum atomic E-state index is -0.932. The number of rotatable bonds is 15. The smallest absolute Gasteiger partial charge is 0.239 e. The Balaban J connectivity index is 1.98. The number of carbonyl (C=O) groups excluding carboxylic acids is 3. The van der Waals surface area contributed by atoms with Crippen LogP contribution in [-0.2, 0) is 27.3 Å². The first-order valence-electron chi connectivity index (χ1n) is 12.9. The molecule has 1 aromatic carbocycles. The van der Waals surface area contributed by atoms with E-state index in [4.69, 9.17) is 0 Å². The van der Waals surface area contributed by atoms with Gasteiger partial charge in [0.2, 0.25) is 17.6 Å². The summed E-state index contributed by atoms with van der Waals surface area (Å²) in [7, 11) is 2.96. The highest BCUT2D eigenvalue weighted by Crippen LogP contribution is 2.22. The first-order chi connectivity index (χ1) is 18.9. The van der Waals surface area contributed by atoms with Gasteiger partial charge in [0, 0.05) is 26.1 Å². The predicted octanol–water partition coefficient (Wildman–Crippen LogP) is 3.15. The van der Waals surface area contributed by atoms with Crippen molar-refractivity contribution in [2.24, 2.45) is 5.92 Å². The summed E-state index contributed by atoms with van der Waals surface area (Å²) in [4.78, 5) is 40.0. The Morgan fingerprint density at radius 1 is 1.12 bits per heavy atom.